The lowest BCUT2D eigenvalue weighted by Crippen LogP contribution is -2.63. The van der Waals surface area contributed by atoms with Gasteiger partial charge in [-0.05, 0) is 59.2 Å². The Labute approximate surface area is 341 Å². The Morgan fingerprint density at radius 1 is 0.750 bits per heavy atom. The van der Waals surface area contributed by atoms with Crippen molar-refractivity contribution in [3.63, 3.8) is 0 Å². The number of carbonyl (C=O) groups excluding carboxylic acids is 2. The van der Waals surface area contributed by atoms with Crippen molar-refractivity contribution in [3.8, 4) is 16.9 Å². The summed E-state index contributed by atoms with van der Waals surface area (Å²) in [7, 11) is -4.66. The first-order valence-electron chi connectivity index (χ1n) is 18.5. The molecule has 17 nitrogen and oxygen atoms in total. The summed E-state index contributed by atoms with van der Waals surface area (Å²) in [4.78, 5) is 40.2. The number of hydrogen-bond donors (Lipinski definition) is 8. The van der Waals surface area contributed by atoms with Gasteiger partial charge >= 0.3 is 5.97 Å². The van der Waals surface area contributed by atoms with Gasteiger partial charge in [-0.2, -0.15) is 0 Å². The van der Waals surface area contributed by atoms with Gasteiger partial charge in [-0.25, -0.2) is 17.6 Å². The van der Waals surface area contributed by atoms with Gasteiger partial charge in [0.25, 0.3) is 0 Å². The number of anilines is 1. The molecule has 3 aliphatic heterocycles. The zero-order valence-corrected chi connectivity index (χ0v) is 32.0. The standard InChI is InChI=1S/C41H40FNO16S/c42-23-13-10-20(11-14-23)26(45)18-60(55,56)38-29(43(39(38)52)24-4-2-1-3-5-24)25-15-12-22(16-27(25)58-41-35(51)32(48)34(50)37(59-41)40(53)54)19-6-8-21(9-7-19)36-33(49)31(47)30(46)28(17-44)57-36/h1-16,28-38,41,44,46-51H,17-18H2,(H,53,54)/t28-,29-,30-,31+,32?,33-,34?,35?,36?,37?,38-,41-/m1/s1. The van der Waals surface area contributed by atoms with E-state index < -0.39 is 118 Å². The average molecular weight is 854 g/mol. The van der Waals surface area contributed by atoms with Crippen molar-refractivity contribution in [1.29, 1.82) is 0 Å². The van der Waals surface area contributed by atoms with E-state index in [0.717, 1.165) is 29.2 Å². The Bertz CT molecular complexity index is 2330. The number of aliphatic hydroxyl groups is 7. The van der Waals surface area contributed by atoms with Crippen LogP contribution in [-0.2, 0) is 28.9 Å². The predicted octanol–water partition coefficient (Wildman–Crippen LogP) is 0.0328. The van der Waals surface area contributed by atoms with Crippen LogP contribution in [0.25, 0.3) is 11.1 Å². The molecule has 4 aromatic rings. The van der Waals surface area contributed by atoms with E-state index in [4.69, 9.17) is 14.2 Å². The molecular weight excluding hydrogens is 814 g/mol. The molecule has 0 aromatic heterocycles. The third-order valence-electron chi connectivity index (χ3n) is 10.8. The summed E-state index contributed by atoms with van der Waals surface area (Å²) >= 11 is 0. The summed E-state index contributed by atoms with van der Waals surface area (Å²) in [5.74, 6) is -5.59. The summed E-state index contributed by atoms with van der Waals surface area (Å²) in [6, 6.07) is 21.2. The van der Waals surface area contributed by atoms with Crippen molar-refractivity contribution in [2.24, 2.45) is 0 Å². The highest BCUT2D eigenvalue weighted by Gasteiger charge is 2.57. The fraction of sp³-hybridized carbons (Fsp3) is 0.341. The van der Waals surface area contributed by atoms with Crippen LogP contribution < -0.4 is 9.64 Å². The number of ketones is 1. The van der Waals surface area contributed by atoms with Gasteiger partial charge in [0.15, 0.2) is 27.0 Å². The van der Waals surface area contributed by atoms with E-state index in [1.807, 2.05) is 0 Å². The van der Waals surface area contributed by atoms with Crippen LogP contribution in [0.1, 0.15) is 33.6 Å². The lowest BCUT2D eigenvalue weighted by Gasteiger charge is -2.47. The molecule has 0 aliphatic carbocycles. The SMILES string of the molecule is O=C(CS(=O)(=O)[C@H]1C(=O)N(c2ccccc2)[C@@H]1c1ccc(-c2ccc(C3O[C@H](CO)[C@@H](O)[C@H](O)[C@H]3O)cc2)cc1O[C@@H]1OC(C(=O)O)C(O)C(O)C1O)c1ccc(F)cc1. The van der Waals surface area contributed by atoms with E-state index >= 15 is 0 Å². The number of aliphatic hydroxyl groups excluding tert-OH is 7. The molecule has 3 saturated heterocycles. The first-order valence-corrected chi connectivity index (χ1v) is 20.3. The van der Waals surface area contributed by atoms with Crippen LogP contribution >= 0.6 is 0 Å². The van der Waals surface area contributed by atoms with E-state index in [0.29, 0.717) is 16.7 Å². The van der Waals surface area contributed by atoms with Crippen molar-refractivity contribution < 1.29 is 82.3 Å². The van der Waals surface area contributed by atoms with Crippen molar-refractivity contribution in [2.75, 3.05) is 17.3 Å². The van der Waals surface area contributed by atoms with E-state index in [-0.39, 0.29) is 22.6 Å². The Hall–Kier alpha value is -5.19. The molecule has 3 fully saturated rings. The fourth-order valence-electron chi connectivity index (χ4n) is 7.56. The van der Waals surface area contributed by atoms with Crippen LogP contribution in [0.3, 0.4) is 0 Å². The number of carboxylic acids is 1. The van der Waals surface area contributed by atoms with Gasteiger partial charge in [0.1, 0.15) is 66.2 Å². The molecule has 12 atom stereocenters. The number of carbonyl (C=O) groups is 3. The first kappa shape index (κ1) is 42.9. The minimum absolute atomic E-state index is 0.0220. The zero-order valence-electron chi connectivity index (χ0n) is 31.2. The molecule has 8 N–H and O–H groups in total. The van der Waals surface area contributed by atoms with Gasteiger partial charge in [0.2, 0.25) is 12.2 Å². The molecule has 1 amide bonds. The van der Waals surface area contributed by atoms with Gasteiger partial charge in [-0.15, -0.1) is 0 Å². The molecule has 4 aromatic carbocycles. The molecular formula is C41H40FNO16S. The molecule has 5 unspecified atom stereocenters. The van der Waals surface area contributed by atoms with Crippen LogP contribution in [0.4, 0.5) is 10.1 Å². The highest BCUT2D eigenvalue weighted by molar-refractivity contribution is 7.93. The van der Waals surface area contributed by atoms with Crippen LogP contribution in [0.2, 0.25) is 0 Å². The number of amides is 1. The number of para-hydroxylation sites is 1. The second kappa shape index (κ2) is 17.1. The number of aliphatic carboxylic acids is 1. The van der Waals surface area contributed by atoms with Gasteiger partial charge < -0.3 is 60.0 Å². The summed E-state index contributed by atoms with van der Waals surface area (Å²) in [5, 5.41) is 80.4. The Morgan fingerprint density at radius 2 is 1.38 bits per heavy atom. The summed E-state index contributed by atoms with van der Waals surface area (Å²) in [6.45, 7) is -0.641. The molecule has 0 saturated carbocycles. The Kier molecular flexibility index (Phi) is 12.2. The molecule has 60 heavy (non-hydrogen) atoms. The highest BCUT2D eigenvalue weighted by atomic mass is 32.2. The molecule has 7 rings (SSSR count). The van der Waals surface area contributed by atoms with Gasteiger partial charge in [-0.1, -0.05) is 54.6 Å². The number of β-lactam (4-membered cyclic amide) rings is 1. The van der Waals surface area contributed by atoms with Crippen molar-refractivity contribution in [1.82, 2.24) is 0 Å². The molecule has 3 heterocycles. The van der Waals surface area contributed by atoms with Crippen LogP contribution in [0.15, 0.2) is 97.1 Å². The summed E-state index contributed by atoms with van der Waals surface area (Å²) in [6.07, 6.45) is -17.4. The second-order valence-corrected chi connectivity index (χ2v) is 16.7. The number of halogens is 1. The first-order chi connectivity index (χ1) is 28.5. The number of carboxylic acid groups (broad SMARTS) is 1. The van der Waals surface area contributed by atoms with Crippen molar-refractivity contribution in [2.45, 2.75) is 72.5 Å². The third kappa shape index (κ3) is 8.04. The summed E-state index contributed by atoms with van der Waals surface area (Å²) < 4.78 is 58.9. The lowest BCUT2D eigenvalue weighted by molar-refractivity contribution is -0.271. The maximum absolute atomic E-state index is 14.1. The largest absolute Gasteiger partial charge is 0.479 e. The fourth-order valence-corrected chi connectivity index (χ4v) is 9.35. The van der Waals surface area contributed by atoms with E-state index in [2.05, 4.69) is 0 Å². The maximum Gasteiger partial charge on any atom is 0.335 e. The minimum Gasteiger partial charge on any atom is -0.479 e. The molecule has 0 radical (unpaired) electrons. The minimum atomic E-state index is -4.66. The number of nitrogens with zero attached hydrogens (tertiary/aromatic N) is 1. The number of Topliss-reactive ketones (excluding diaryl/α,β-unsaturated/α-hetero) is 1. The van der Waals surface area contributed by atoms with Gasteiger partial charge in [-0.3, -0.25) is 9.59 Å². The van der Waals surface area contributed by atoms with E-state index in [9.17, 15) is 68.0 Å². The van der Waals surface area contributed by atoms with Gasteiger partial charge in [0.05, 0.1) is 12.6 Å². The zero-order chi connectivity index (χ0) is 43.2. The second-order valence-electron chi connectivity index (χ2n) is 14.6. The smallest absolute Gasteiger partial charge is 0.335 e. The maximum atomic E-state index is 14.1. The quantitative estimate of drug-likeness (QED) is 0.0690. The summed E-state index contributed by atoms with van der Waals surface area (Å²) in [5.41, 5.74) is 1.25. The Balaban J connectivity index is 1.30. The average Bonchev–Trinajstić information content (AvgIpc) is 3.22. The molecule has 3 aliphatic rings. The highest BCUT2D eigenvalue weighted by Crippen LogP contribution is 2.47. The number of hydrogen-bond acceptors (Lipinski definition) is 15. The molecule has 0 spiro atoms. The van der Waals surface area contributed by atoms with E-state index in [1.54, 1.807) is 30.3 Å². The molecule has 318 valence electrons. The topological polar surface area (TPSA) is 278 Å². The van der Waals surface area contributed by atoms with Crippen LogP contribution in [0, 0.1) is 5.82 Å². The van der Waals surface area contributed by atoms with Crippen LogP contribution in [0.5, 0.6) is 5.75 Å². The number of sulfone groups is 1. The third-order valence-corrected chi connectivity index (χ3v) is 12.7. The normalized spacial score (nSPS) is 30.7. The van der Waals surface area contributed by atoms with E-state index in [1.165, 1.54) is 42.5 Å². The number of rotatable bonds is 12. The number of benzene rings is 4. The predicted molar refractivity (Wildman–Crippen MR) is 205 cm³/mol. The van der Waals surface area contributed by atoms with Crippen molar-refractivity contribution in [3.05, 3.63) is 120 Å². The monoisotopic (exact) mass is 853 g/mol. The van der Waals surface area contributed by atoms with Crippen molar-refractivity contribution >= 4 is 33.2 Å². The molecule has 0 bridgehead atoms. The lowest BCUT2D eigenvalue weighted by atomic mass is 9.89. The van der Waals surface area contributed by atoms with Gasteiger partial charge in [0, 0.05) is 16.8 Å². The van der Waals surface area contributed by atoms with Crippen LogP contribution in [-0.4, -0.2) is 140 Å². The Morgan fingerprint density at radius 3 is 2.02 bits per heavy atom. The molecule has 19 heteroatoms. The number of ether oxygens (including phenoxy) is 3.